The molecule has 9 heteroatoms. The molecule has 29 heavy (non-hydrogen) atoms. The molecule has 2 N–H and O–H groups in total. The first-order chi connectivity index (χ1) is 13.9. The zero-order valence-corrected chi connectivity index (χ0v) is 17.0. The van der Waals surface area contributed by atoms with E-state index >= 15 is 0 Å². The number of halogens is 2. The molecule has 3 aliphatic rings. The Bertz CT molecular complexity index is 936. The summed E-state index contributed by atoms with van der Waals surface area (Å²) in [5, 5.41) is 11.3. The molecule has 4 heterocycles. The Balaban J connectivity index is 1.33. The number of rotatable bonds is 6. The van der Waals surface area contributed by atoms with Crippen LogP contribution in [0.15, 0.2) is 30.7 Å². The monoisotopic (exact) mass is 418 g/mol. The smallest absolute Gasteiger partial charge is 0.262 e. The number of aryl methyl sites for hydroxylation is 1. The number of hydrogen-bond donors (Lipinski definition) is 2. The highest BCUT2D eigenvalue weighted by Gasteiger charge is 2.60. The summed E-state index contributed by atoms with van der Waals surface area (Å²) < 4.78 is 30.8. The van der Waals surface area contributed by atoms with E-state index < -0.39 is 11.2 Å². The lowest BCUT2D eigenvalue weighted by Crippen LogP contribution is -2.50. The molecule has 6 nitrogen and oxygen atoms in total. The van der Waals surface area contributed by atoms with E-state index in [0.717, 1.165) is 48.4 Å². The van der Waals surface area contributed by atoms with Gasteiger partial charge < -0.3 is 15.3 Å². The zero-order valence-electron chi connectivity index (χ0n) is 16.2. The summed E-state index contributed by atoms with van der Waals surface area (Å²) in [7, 11) is 1.89. The molecule has 0 amide bonds. The first-order valence-corrected chi connectivity index (χ1v) is 10.7. The maximum atomic E-state index is 13.4. The van der Waals surface area contributed by atoms with E-state index in [0.29, 0.717) is 0 Å². The van der Waals surface area contributed by atoms with E-state index in [1.54, 1.807) is 4.68 Å². The van der Waals surface area contributed by atoms with E-state index in [9.17, 15) is 8.78 Å². The van der Waals surface area contributed by atoms with Crippen LogP contribution >= 0.6 is 11.9 Å². The highest BCUT2D eigenvalue weighted by molar-refractivity contribution is 7.98. The van der Waals surface area contributed by atoms with Gasteiger partial charge in [0.1, 0.15) is 0 Å². The third-order valence-corrected chi connectivity index (χ3v) is 7.62. The van der Waals surface area contributed by atoms with E-state index in [1.807, 2.05) is 31.7 Å². The van der Waals surface area contributed by atoms with Gasteiger partial charge in [0.25, 0.3) is 5.92 Å². The Labute approximate surface area is 172 Å². The lowest BCUT2D eigenvalue weighted by Gasteiger charge is -2.42. The van der Waals surface area contributed by atoms with Gasteiger partial charge in [-0.2, -0.15) is 5.10 Å². The largest absolute Gasteiger partial charge is 0.367 e. The predicted octanol–water partition coefficient (Wildman–Crippen LogP) is 3.61. The summed E-state index contributed by atoms with van der Waals surface area (Å²) in [6.07, 6.45) is 11.0. The first-order valence-electron chi connectivity index (χ1n) is 9.91. The number of piperazine rings is 1. The van der Waals surface area contributed by atoms with E-state index in [2.05, 4.69) is 25.4 Å². The van der Waals surface area contributed by atoms with Crippen molar-refractivity contribution in [3.05, 3.63) is 36.4 Å². The lowest BCUT2D eigenvalue weighted by molar-refractivity contribution is 0.121. The number of aromatic nitrogens is 3. The standard InChI is InChI=1S/C20H24F2N6S/c1-26-10-14(9-25-26)13-6-17(24-8-13)18(4-5-23)27-11-15-2-3-16(12-27)28(15)29-19-7-20(19,21)22/h4-6,8-10,15-16,19,23-24H,2-3,7,11-12H2,1H3/b18-4+,23-5?. The number of fused-ring (bicyclic) bond motifs is 2. The van der Waals surface area contributed by atoms with E-state index in [4.69, 9.17) is 5.41 Å². The number of aromatic amines is 1. The van der Waals surface area contributed by atoms with Gasteiger partial charge in [0.05, 0.1) is 22.8 Å². The van der Waals surface area contributed by atoms with Crippen molar-refractivity contribution in [1.29, 1.82) is 5.41 Å². The van der Waals surface area contributed by atoms with Gasteiger partial charge in [0.15, 0.2) is 0 Å². The van der Waals surface area contributed by atoms with Crippen LogP contribution in [0.25, 0.3) is 16.8 Å². The molecule has 3 atom stereocenters. The number of nitrogens with zero attached hydrogens (tertiary/aromatic N) is 4. The maximum Gasteiger partial charge on any atom is 0.262 e. The molecule has 3 unspecified atom stereocenters. The van der Waals surface area contributed by atoms with Crippen molar-refractivity contribution in [2.24, 2.45) is 7.05 Å². The van der Waals surface area contributed by atoms with Gasteiger partial charge in [-0.3, -0.25) is 4.68 Å². The molecule has 1 aliphatic carbocycles. The van der Waals surface area contributed by atoms with Crippen molar-refractivity contribution in [3.63, 3.8) is 0 Å². The van der Waals surface area contributed by atoms with Crippen LogP contribution in [0.1, 0.15) is 25.0 Å². The van der Waals surface area contributed by atoms with Crippen LogP contribution in [0.4, 0.5) is 8.78 Å². The van der Waals surface area contributed by atoms with Crippen molar-refractivity contribution in [2.75, 3.05) is 13.1 Å². The van der Waals surface area contributed by atoms with E-state index in [-0.39, 0.29) is 18.5 Å². The molecule has 3 fully saturated rings. The Hall–Kier alpha value is -2.13. The number of H-pyrrole nitrogens is 1. The molecule has 2 aliphatic heterocycles. The van der Waals surface area contributed by atoms with Crippen molar-refractivity contribution in [3.8, 4) is 11.1 Å². The van der Waals surface area contributed by atoms with Crippen LogP contribution in [0.5, 0.6) is 0 Å². The third kappa shape index (κ3) is 3.50. The normalized spacial score (nSPS) is 28.7. The molecule has 5 rings (SSSR count). The van der Waals surface area contributed by atoms with Gasteiger partial charge >= 0.3 is 0 Å². The lowest BCUT2D eigenvalue weighted by atomic mass is 10.1. The van der Waals surface area contributed by atoms with Crippen LogP contribution in [-0.4, -0.2) is 66.5 Å². The molecular formula is C20H24F2N6S. The SMILES string of the molecule is Cn1cc(-c2c[nH]c(/C(=C\C=N)N3CC4CCC(C3)N4SC3CC3(F)F)c2)cn1. The average Bonchev–Trinajstić information content (AvgIpc) is 3.09. The minimum absolute atomic E-state index is 0.00979. The van der Waals surface area contributed by atoms with Gasteiger partial charge in [-0.1, -0.05) is 11.9 Å². The fourth-order valence-electron chi connectivity index (χ4n) is 4.41. The van der Waals surface area contributed by atoms with Crippen LogP contribution in [0.2, 0.25) is 0 Å². The Morgan fingerprint density at radius 3 is 2.62 bits per heavy atom. The highest BCUT2D eigenvalue weighted by atomic mass is 32.2. The molecule has 1 saturated carbocycles. The summed E-state index contributed by atoms with van der Waals surface area (Å²) in [4.78, 5) is 5.64. The molecule has 2 saturated heterocycles. The number of allylic oxidation sites excluding steroid dienone is 1. The molecule has 0 spiro atoms. The third-order valence-electron chi connectivity index (χ3n) is 6.01. The predicted molar refractivity (Wildman–Crippen MR) is 111 cm³/mol. The fraction of sp³-hybridized carbons (Fsp3) is 0.500. The number of likely N-dealkylation sites (tertiary alicyclic amines) is 1. The second-order valence-electron chi connectivity index (χ2n) is 8.13. The maximum absolute atomic E-state index is 13.4. The average molecular weight is 419 g/mol. The zero-order chi connectivity index (χ0) is 20.2. The summed E-state index contributed by atoms with van der Waals surface area (Å²) in [6.45, 7) is 1.59. The second kappa shape index (κ2) is 6.98. The Morgan fingerprint density at radius 2 is 2.03 bits per heavy atom. The minimum atomic E-state index is -2.49. The molecule has 2 bridgehead atoms. The summed E-state index contributed by atoms with van der Waals surface area (Å²) in [6, 6.07) is 2.63. The summed E-state index contributed by atoms with van der Waals surface area (Å²) >= 11 is 1.37. The van der Waals surface area contributed by atoms with Crippen molar-refractivity contribution in [2.45, 2.75) is 42.5 Å². The van der Waals surface area contributed by atoms with Gasteiger partial charge in [-0.25, -0.2) is 13.1 Å². The van der Waals surface area contributed by atoms with Crippen molar-refractivity contribution >= 4 is 23.9 Å². The van der Waals surface area contributed by atoms with Crippen LogP contribution in [0.3, 0.4) is 0 Å². The van der Waals surface area contributed by atoms with Crippen molar-refractivity contribution in [1.82, 2.24) is 24.0 Å². The quantitative estimate of drug-likeness (QED) is 0.556. The van der Waals surface area contributed by atoms with Gasteiger partial charge in [0, 0.05) is 68.4 Å². The number of alkyl halides is 2. The minimum Gasteiger partial charge on any atom is -0.367 e. The molecule has 2 aromatic rings. The molecule has 0 aromatic carbocycles. The first kappa shape index (κ1) is 18.9. The van der Waals surface area contributed by atoms with Crippen LogP contribution in [-0.2, 0) is 7.05 Å². The van der Waals surface area contributed by atoms with Gasteiger partial charge in [0.2, 0.25) is 0 Å². The van der Waals surface area contributed by atoms with Gasteiger partial charge in [-0.05, 0) is 25.0 Å². The second-order valence-corrected chi connectivity index (χ2v) is 9.33. The topological polar surface area (TPSA) is 63.9 Å². The summed E-state index contributed by atoms with van der Waals surface area (Å²) in [5.74, 6) is -2.49. The number of nitrogens with one attached hydrogen (secondary N) is 2. The highest BCUT2D eigenvalue weighted by Crippen LogP contribution is 2.54. The fourth-order valence-corrected chi connectivity index (χ4v) is 5.84. The van der Waals surface area contributed by atoms with E-state index in [1.165, 1.54) is 18.2 Å². The Morgan fingerprint density at radius 1 is 1.31 bits per heavy atom. The molecule has 0 radical (unpaired) electrons. The molecular weight excluding hydrogens is 394 g/mol. The Kier molecular flexibility index (Phi) is 4.54. The summed E-state index contributed by atoms with van der Waals surface area (Å²) in [5.41, 5.74) is 4.03. The van der Waals surface area contributed by atoms with Crippen LogP contribution < -0.4 is 0 Å². The number of hydrogen-bond acceptors (Lipinski definition) is 5. The van der Waals surface area contributed by atoms with Crippen molar-refractivity contribution < 1.29 is 8.78 Å². The van der Waals surface area contributed by atoms with Crippen LogP contribution in [0, 0.1) is 5.41 Å². The van der Waals surface area contributed by atoms with Gasteiger partial charge in [-0.15, -0.1) is 0 Å². The molecule has 154 valence electrons. The molecule has 2 aromatic heterocycles.